The molecule has 0 aliphatic rings. The van der Waals surface area contributed by atoms with Crippen molar-refractivity contribution in [3.8, 4) is 11.1 Å². The summed E-state index contributed by atoms with van der Waals surface area (Å²) in [7, 11) is 0. The first-order chi connectivity index (χ1) is 13.9. The number of fused-ring (bicyclic) bond motifs is 1. The van der Waals surface area contributed by atoms with Gasteiger partial charge < -0.3 is 9.73 Å². The van der Waals surface area contributed by atoms with E-state index in [1.807, 2.05) is 18.2 Å². The number of rotatable bonds is 4. The largest absolute Gasteiger partial charge is 0.439 e. The third-order valence-corrected chi connectivity index (χ3v) is 4.43. The molecule has 7 heteroatoms. The lowest BCUT2D eigenvalue weighted by molar-refractivity contribution is -0.137. The average molecular weight is 396 g/mol. The predicted molar refractivity (Wildman–Crippen MR) is 102 cm³/mol. The van der Waals surface area contributed by atoms with Gasteiger partial charge in [-0.05, 0) is 41.5 Å². The van der Waals surface area contributed by atoms with Gasteiger partial charge in [-0.3, -0.25) is 4.79 Å². The zero-order valence-electron chi connectivity index (χ0n) is 15.0. The van der Waals surface area contributed by atoms with Crippen molar-refractivity contribution in [2.24, 2.45) is 0 Å². The van der Waals surface area contributed by atoms with E-state index in [0.717, 1.165) is 12.1 Å². The van der Waals surface area contributed by atoms with Crippen LogP contribution in [0.4, 0.5) is 13.2 Å². The molecule has 0 bridgehead atoms. The molecule has 1 amide bonds. The number of hydrogen-bond donors (Lipinski definition) is 1. The fourth-order valence-electron chi connectivity index (χ4n) is 3.02. The van der Waals surface area contributed by atoms with Crippen molar-refractivity contribution in [1.29, 1.82) is 0 Å². The van der Waals surface area contributed by atoms with Crippen LogP contribution in [0.25, 0.3) is 22.2 Å². The van der Waals surface area contributed by atoms with E-state index >= 15 is 0 Å². The van der Waals surface area contributed by atoms with E-state index in [-0.39, 0.29) is 12.5 Å². The molecule has 3 aromatic carbocycles. The van der Waals surface area contributed by atoms with Crippen LogP contribution in [-0.2, 0) is 12.7 Å². The molecule has 0 saturated heterocycles. The first kappa shape index (κ1) is 18.7. The van der Waals surface area contributed by atoms with Crippen molar-refractivity contribution in [2.75, 3.05) is 0 Å². The number of amides is 1. The third-order valence-electron chi connectivity index (χ3n) is 4.43. The Morgan fingerprint density at radius 3 is 2.34 bits per heavy atom. The fourth-order valence-corrected chi connectivity index (χ4v) is 3.02. The fraction of sp³-hybridized carbons (Fsp3) is 0.0909. The van der Waals surface area contributed by atoms with Crippen LogP contribution in [0.5, 0.6) is 0 Å². The maximum absolute atomic E-state index is 12.8. The van der Waals surface area contributed by atoms with E-state index in [0.29, 0.717) is 33.7 Å². The second-order valence-corrected chi connectivity index (χ2v) is 6.38. The molecule has 0 unspecified atom stereocenters. The molecule has 29 heavy (non-hydrogen) atoms. The van der Waals surface area contributed by atoms with Gasteiger partial charge in [-0.15, -0.1) is 0 Å². The lowest BCUT2D eigenvalue weighted by Gasteiger charge is -2.11. The summed E-state index contributed by atoms with van der Waals surface area (Å²) in [5.74, 6) is -0.00526. The SMILES string of the molecule is O=C(NCc1nc2ccccc2o1)c1ccccc1-c1ccc(C(F)(F)F)cc1. The van der Waals surface area contributed by atoms with Gasteiger partial charge in [0.05, 0.1) is 12.1 Å². The molecule has 0 radical (unpaired) electrons. The number of carbonyl (C=O) groups excluding carboxylic acids is 1. The first-order valence-electron chi connectivity index (χ1n) is 8.81. The Morgan fingerprint density at radius 2 is 1.62 bits per heavy atom. The molecule has 146 valence electrons. The highest BCUT2D eigenvalue weighted by molar-refractivity contribution is 6.00. The van der Waals surface area contributed by atoms with Crippen molar-refractivity contribution in [3.05, 3.63) is 89.8 Å². The molecule has 1 aromatic heterocycles. The number of alkyl halides is 3. The van der Waals surface area contributed by atoms with Crippen molar-refractivity contribution in [1.82, 2.24) is 10.3 Å². The minimum atomic E-state index is -4.41. The Bertz CT molecular complexity index is 1130. The second kappa shape index (κ2) is 7.43. The average Bonchev–Trinajstić information content (AvgIpc) is 3.14. The summed E-state index contributed by atoms with van der Waals surface area (Å²) in [6, 6.07) is 18.7. The van der Waals surface area contributed by atoms with E-state index in [9.17, 15) is 18.0 Å². The van der Waals surface area contributed by atoms with Crippen molar-refractivity contribution in [2.45, 2.75) is 12.7 Å². The normalized spacial score (nSPS) is 11.6. The molecule has 0 atom stereocenters. The van der Waals surface area contributed by atoms with E-state index in [2.05, 4.69) is 10.3 Å². The molecule has 0 fully saturated rings. The Balaban J connectivity index is 1.55. The number of oxazole rings is 1. The minimum Gasteiger partial charge on any atom is -0.439 e. The summed E-state index contributed by atoms with van der Waals surface area (Å²) >= 11 is 0. The lowest BCUT2D eigenvalue weighted by Crippen LogP contribution is -2.23. The number of hydrogen-bond acceptors (Lipinski definition) is 3. The van der Waals surface area contributed by atoms with Crippen LogP contribution in [-0.4, -0.2) is 10.9 Å². The quantitative estimate of drug-likeness (QED) is 0.500. The number of para-hydroxylation sites is 2. The van der Waals surface area contributed by atoms with Gasteiger partial charge in [-0.25, -0.2) is 4.98 Å². The number of nitrogens with one attached hydrogen (secondary N) is 1. The zero-order valence-corrected chi connectivity index (χ0v) is 15.0. The van der Waals surface area contributed by atoms with Gasteiger partial charge in [0.2, 0.25) is 5.89 Å². The van der Waals surface area contributed by atoms with E-state index in [1.165, 1.54) is 12.1 Å². The Morgan fingerprint density at radius 1 is 0.931 bits per heavy atom. The van der Waals surface area contributed by atoms with Gasteiger partial charge in [-0.1, -0.05) is 42.5 Å². The van der Waals surface area contributed by atoms with Gasteiger partial charge in [0.1, 0.15) is 5.52 Å². The van der Waals surface area contributed by atoms with Gasteiger partial charge in [0.25, 0.3) is 5.91 Å². The summed E-state index contributed by atoms with van der Waals surface area (Å²) in [4.78, 5) is 17.0. The number of carbonyl (C=O) groups is 1. The van der Waals surface area contributed by atoms with Crippen molar-refractivity contribution >= 4 is 17.0 Å². The number of halogens is 3. The minimum absolute atomic E-state index is 0.0921. The number of aromatic nitrogens is 1. The van der Waals surface area contributed by atoms with Gasteiger partial charge in [0, 0.05) is 5.56 Å². The van der Waals surface area contributed by atoms with Crippen LogP contribution in [0, 0.1) is 0 Å². The highest BCUT2D eigenvalue weighted by Crippen LogP contribution is 2.31. The zero-order chi connectivity index (χ0) is 20.4. The highest BCUT2D eigenvalue weighted by atomic mass is 19.4. The van der Waals surface area contributed by atoms with E-state index < -0.39 is 11.7 Å². The van der Waals surface area contributed by atoms with Gasteiger partial charge >= 0.3 is 6.18 Å². The highest BCUT2D eigenvalue weighted by Gasteiger charge is 2.30. The summed E-state index contributed by atoms with van der Waals surface area (Å²) in [5, 5.41) is 2.75. The monoisotopic (exact) mass is 396 g/mol. The molecular formula is C22H15F3N2O2. The molecular weight excluding hydrogens is 381 g/mol. The maximum atomic E-state index is 12.8. The summed E-state index contributed by atoms with van der Waals surface area (Å²) < 4.78 is 43.9. The van der Waals surface area contributed by atoms with Crippen LogP contribution in [0.2, 0.25) is 0 Å². The molecule has 4 aromatic rings. The van der Waals surface area contributed by atoms with E-state index in [4.69, 9.17) is 4.42 Å². The summed E-state index contributed by atoms with van der Waals surface area (Å²) in [6.45, 7) is 0.0921. The summed E-state index contributed by atoms with van der Waals surface area (Å²) in [6.07, 6.45) is -4.41. The molecule has 0 saturated carbocycles. The van der Waals surface area contributed by atoms with Crippen molar-refractivity contribution in [3.63, 3.8) is 0 Å². The molecule has 4 rings (SSSR count). The van der Waals surface area contributed by atoms with E-state index in [1.54, 1.807) is 30.3 Å². The van der Waals surface area contributed by atoms with Crippen molar-refractivity contribution < 1.29 is 22.4 Å². The van der Waals surface area contributed by atoms with Gasteiger partial charge in [0.15, 0.2) is 5.58 Å². The Labute approximate surface area is 164 Å². The van der Waals surface area contributed by atoms with Crippen LogP contribution in [0.15, 0.2) is 77.2 Å². The third kappa shape index (κ3) is 3.99. The molecule has 1 heterocycles. The lowest BCUT2D eigenvalue weighted by atomic mass is 9.98. The molecule has 1 N–H and O–H groups in total. The van der Waals surface area contributed by atoms with Crippen LogP contribution >= 0.6 is 0 Å². The number of nitrogens with zero attached hydrogens (tertiary/aromatic N) is 1. The Kier molecular flexibility index (Phi) is 4.80. The predicted octanol–water partition coefficient (Wildman–Crippen LogP) is 5.44. The number of benzene rings is 3. The maximum Gasteiger partial charge on any atom is 0.416 e. The second-order valence-electron chi connectivity index (χ2n) is 6.38. The van der Waals surface area contributed by atoms with Crippen LogP contribution in [0.3, 0.4) is 0 Å². The van der Waals surface area contributed by atoms with Crippen LogP contribution < -0.4 is 5.32 Å². The summed E-state index contributed by atoms with van der Waals surface area (Å²) in [5.41, 5.74) is 1.99. The Hall–Kier alpha value is -3.61. The standard InChI is InChI=1S/C22H15F3N2O2/c23-22(24,25)15-11-9-14(10-12-15)16-5-1-2-6-17(16)21(28)26-13-20-27-18-7-3-4-8-19(18)29-20/h1-12H,13H2,(H,26,28). The smallest absolute Gasteiger partial charge is 0.416 e. The molecule has 0 spiro atoms. The van der Waals surface area contributed by atoms with Gasteiger partial charge in [-0.2, -0.15) is 13.2 Å². The topological polar surface area (TPSA) is 55.1 Å². The first-order valence-corrected chi connectivity index (χ1v) is 8.81. The molecule has 4 nitrogen and oxygen atoms in total. The molecule has 0 aliphatic heterocycles. The molecule has 0 aliphatic carbocycles. The van der Waals surface area contributed by atoms with Crippen LogP contribution in [0.1, 0.15) is 21.8 Å².